The topological polar surface area (TPSA) is 75.6 Å². The summed E-state index contributed by atoms with van der Waals surface area (Å²) in [4.78, 5) is 0.271. The van der Waals surface area contributed by atoms with Crippen LogP contribution in [0.4, 0.5) is 0 Å². The van der Waals surface area contributed by atoms with E-state index in [-0.39, 0.29) is 11.4 Å². The molecule has 6 heteroatoms. The Kier molecular flexibility index (Phi) is 4.73. The van der Waals surface area contributed by atoms with Crippen molar-refractivity contribution >= 4 is 10.0 Å². The van der Waals surface area contributed by atoms with Crippen LogP contribution in [0.25, 0.3) is 0 Å². The zero-order valence-electron chi connectivity index (χ0n) is 14.6. The zero-order chi connectivity index (χ0) is 18.1. The van der Waals surface area contributed by atoms with Crippen molar-refractivity contribution < 1.29 is 18.3 Å². The van der Waals surface area contributed by atoms with E-state index in [2.05, 4.69) is 4.72 Å². The number of hydrogen-bond donors (Lipinski definition) is 2. The Morgan fingerprint density at radius 2 is 1.81 bits per heavy atom. The Morgan fingerprint density at radius 1 is 1.00 bits per heavy atom. The van der Waals surface area contributed by atoms with Gasteiger partial charge in [-0.2, -0.15) is 0 Å². The summed E-state index contributed by atoms with van der Waals surface area (Å²) >= 11 is 0. The number of aliphatic hydroxyl groups is 1. The van der Waals surface area contributed by atoms with Crippen molar-refractivity contribution in [1.82, 2.24) is 4.72 Å². The molecule has 1 aliphatic heterocycles. The molecule has 2 aliphatic rings. The molecule has 2 N–H and O–H groups in total. The molecule has 2 aromatic rings. The molecule has 0 fully saturated rings. The summed E-state index contributed by atoms with van der Waals surface area (Å²) in [6.07, 6.45) is 4.13. The molecule has 1 aliphatic carbocycles. The number of nitrogens with one attached hydrogen (secondary N) is 1. The van der Waals surface area contributed by atoms with E-state index < -0.39 is 16.1 Å². The third kappa shape index (κ3) is 3.49. The highest BCUT2D eigenvalue weighted by atomic mass is 32.2. The normalized spacial score (nSPS) is 17.3. The van der Waals surface area contributed by atoms with Gasteiger partial charge in [-0.3, -0.25) is 0 Å². The first-order chi connectivity index (χ1) is 12.5. The summed E-state index contributed by atoms with van der Waals surface area (Å²) in [5.41, 5.74) is 4.12. The molecule has 4 rings (SSSR count). The van der Waals surface area contributed by atoms with E-state index in [9.17, 15) is 13.5 Å². The van der Waals surface area contributed by atoms with Crippen molar-refractivity contribution in [3.63, 3.8) is 0 Å². The summed E-state index contributed by atoms with van der Waals surface area (Å²) in [6, 6.07) is 10.8. The molecule has 0 saturated heterocycles. The average molecular weight is 373 g/mol. The highest BCUT2D eigenvalue weighted by Crippen LogP contribution is 2.28. The lowest BCUT2D eigenvalue weighted by Gasteiger charge is -2.17. The van der Waals surface area contributed by atoms with Gasteiger partial charge in [-0.25, -0.2) is 13.1 Å². The SMILES string of the molecule is O=S(=O)(NC[C@H](O)c1ccc2c(c1)CCO2)c1ccc2c(c1)CCCC2. The Hall–Kier alpha value is -1.89. The molecule has 1 atom stereocenters. The van der Waals surface area contributed by atoms with E-state index in [1.807, 2.05) is 18.2 Å². The number of rotatable bonds is 5. The zero-order valence-corrected chi connectivity index (χ0v) is 15.4. The van der Waals surface area contributed by atoms with Gasteiger partial charge in [0.05, 0.1) is 17.6 Å². The predicted molar refractivity (Wildman–Crippen MR) is 98.9 cm³/mol. The minimum absolute atomic E-state index is 0.0565. The lowest BCUT2D eigenvalue weighted by molar-refractivity contribution is 0.182. The lowest BCUT2D eigenvalue weighted by Crippen LogP contribution is -2.28. The number of aryl methyl sites for hydroxylation is 2. The standard InChI is InChI=1S/C20H23NO4S/c22-19(16-6-8-20-17(11-16)9-10-25-20)13-21-26(23,24)18-7-5-14-3-1-2-4-15(14)12-18/h5-8,11-12,19,21-22H,1-4,9-10,13H2/t19-/m0/s1. The quantitative estimate of drug-likeness (QED) is 0.844. The third-order valence-corrected chi connectivity index (χ3v) is 6.62. The maximum Gasteiger partial charge on any atom is 0.240 e. The minimum atomic E-state index is -3.64. The van der Waals surface area contributed by atoms with Gasteiger partial charge in [-0.15, -0.1) is 0 Å². The van der Waals surface area contributed by atoms with Gasteiger partial charge >= 0.3 is 0 Å². The second-order valence-electron chi connectivity index (χ2n) is 6.97. The molecular weight excluding hydrogens is 350 g/mol. The van der Waals surface area contributed by atoms with E-state index >= 15 is 0 Å². The molecule has 0 unspecified atom stereocenters. The molecule has 2 aromatic carbocycles. The molecule has 0 amide bonds. The third-order valence-electron chi connectivity index (χ3n) is 5.20. The summed E-state index contributed by atoms with van der Waals surface area (Å²) in [7, 11) is -3.64. The summed E-state index contributed by atoms with van der Waals surface area (Å²) in [6.45, 7) is 0.596. The van der Waals surface area contributed by atoms with Crippen LogP contribution in [-0.2, 0) is 29.3 Å². The van der Waals surface area contributed by atoms with Gasteiger partial charge in [0.25, 0.3) is 0 Å². The van der Waals surface area contributed by atoms with Crippen LogP contribution in [0.1, 0.15) is 41.2 Å². The van der Waals surface area contributed by atoms with E-state index in [0.717, 1.165) is 49.0 Å². The maximum atomic E-state index is 12.6. The van der Waals surface area contributed by atoms with E-state index in [0.29, 0.717) is 12.2 Å². The second-order valence-corrected chi connectivity index (χ2v) is 8.74. The Bertz CT molecular complexity index is 923. The Balaban J connectivity index is 1.46. The molecule has 1 heterocycles. The summed E-state index contributed by atoms with van der Waals surface area (Å²) < 4.78 is 33.2. The monoisotopic (exact) mass is 373 g/mol. The van der Waals surface area contributed by atoms with Gasteiger partial charge in [0, 0.05) is 13.0 Å². The van der Waals surface area contributed by atoms with Crippen molar-refractivity contribution in [2.45, 2.75) is 43.1 Å². The van der Waals surface area contributed by atoms with Crippen LogP contribution in [0.5, 0.6) is 5.75 Å². The first kappa shape index (κ1) is 17.5. The van der Waals surface area contributed by atoms with Crippen LogP contribution >= 0.6 is 0 Å². The first-order valence-corrected chi connectivity index (χ1v) is 10.6. The van der Waals surface area contributed by atoms with Gasteiger partial charge in [-0.1, -0.05) is 12.1 Å². The molecule has 26 heavy (non-hydrogen) atoms. The fourth-order valence-electron chi connectivity index (χ4n) is 3.68. The predicted octanol–water partition coefficient (Wildman–Crippen LogP) is 2.51. The van der Waals surface area contributed by atoms with Gasteiger partial charge in [-0.05, 0) is 72.2 Å². The smallest absolute Gasteiger partial charge is 0.240 e. The number of ether oxygens (including phenoxy) is 1. The van der Waals surface area contributed by atoms with Crippen LogP contribution in [0.3, 0.4) is 0 Å². The molecule has 0 saturated carbocycles. The molecule has 0 spiro atoms. The Labute approximate surface area is 154 Å². The number of hydrogen-bond acceptors (Lipinski definition) is 4. The van der Waals surface area contributed by atoms with Gasteiger partial charge < -0.3 is 9.84 Å². The number of benzene rings is 2. The van der Waals surface area contributed by atoms with Crippen molar-refractivity contribution in [3.05, 3.63) is 58.7 Å². The molecule has 0 aromatic heterocycles. The van der Waals surface area contributed by atoms with Crippen molar-refractivity contribution in [3.8, 4) is 5.75 Å². The van der Waals surface area contributed by atoms with Gasteiger partial charge in [0.15, 0.2) is 0 Å². The summed E-state index contributed by atoms with van der Waals surface area (Å²) in [5, 5.41) is 10.4. The Morgan fingerprint density at radius 3 is 2.65 bits per heavy atom. The lowest BCUT2D eigenvalue weighted by atomic mass is 9.92. The second kappa shape index (κ2) is 7.02. The molecular formula is C20H23NO4S. The van der Waals surface area contributed by atoms with Crippen molar-refractivity contribution in [2.75, 3.05) is 13.2 Å². The van der Waals surface area contributed by atoms with Crippen LogP contribution in [-0.4, -0.2) is 26.7 Å². The van der Waals surface area contributed by atoms with E-state index in [4.69, 9.17) is 4.74 Å². The molecule has 0 radical (unpaired) electrons. The first-order valence-electron chi connectivity index (χ1n) is 9.08. The molecule has 5 nitrogen and oxygen atoms in total. The summed E-state index contributed by atoms with van der Waals surface area (Å²) in [5.74, 6) is 0.843. The maximum absolute atomic E-state index is 12.6. The number of aliphatic hydroxyl groups excluding tert-OH is 1. The average Bonchev–Trinajstić information content (AvgIpc) is 3.13. The van der Waals surface area contributed by atoms with E-state index in [1.165, 1.54) is 5.56 Å². The van der Waals surface area contributed by atoms with Crippen molar-refractivity contribution in [2.24, 2.45) is 0 Å². The van der Waals surface area contributed by atoms with Crippen LogP contribution in [0.2, 0.25) is 0 Å². The fraction of sp³-hybridized carbons (Fsp3) is 0.400. The highest BCUT2D eigenvalue weighted by molar-refractivity contribution is 7.89. The molecule has 138 valence electrons. The minimum Gasteiger partial charge on any atom is -0.493 e. The fourth-order valence-corrected chi connectivity index (χ4v) is 4.77. The number of sulfonamides is 1. The van der Waals surface area contributed by atoms with Crippen LogP contribution < -0.4 is 9.46 Å². The van der Waals surface area contributed by atoms with Crippen molar-refractivity contribution in [1.29, 1.82) is 0 Å². The van der Waals surface area contributed by atoms with Gasteiger partial charge in [0.1, 0.15) is 5.75 Å². The van der Waals surface area contributed by atoms with Crippen LogP contribution in [0.15, 0.2) is 41.3 Å². The van der Waals surface area contributed by atoms with Gasteiger partial charge in [0.2, 0.25) is 10.0 Å². The van der Waals surface area contributed by atoms with E-state index in [1.54, 1.807) is 18.2 Å². The molecule has 0 bridgehead atoms. The van der Waals surface area contributed by atoms with Crippen LogP contribution in [0, 0.1) is 0 Å². The largest absolute Gasteiger partial charge is 0.493 e. The highest BCUT2D eigenvalue weighted by Gasteiger charge is 2.20. The number of fused-ring (bicyclic) bond motifs is 2.